The van der Waals surface area contributed by atoms with E-state index in [4.69, 9.17) is 14.6 Å². The van der Waals surface area contributed by atoms with E-state index in [1.54, 1.807) is 0 Å². The first-order chi connectivity index (χ1) is 17.0. The van der Waals surface area contributed by atoms with Crippen LogP contribution in [0.4, 0.5) is 0 Å². The third-order valence-corrected chi connectivity index (χ3v) is 7.25. The zero-order chi connectivity index (χ0) is 26.2. The Hall–Kier alpha value is -2.95. The Morgan fingerprint density at radius 2 is 1.89 bits per heavy atom. The lowest BCUT2D eigenvalue weighted by molar-refractivity contribution is -0.136. The average molecular weight is 519 g/mol. The molecule has 1 unspecified atom stereocenters. The molecule has 10 heteroatoms. The van der Waals surface area contributed by atoms with E-state index in [0.717, 1.165) is 11.1 Å². The topological polar surface area (TPSA) is 131 Å². The summed E-state index contributed by atoms with van der Waals surface area (Å²) in [7, 11) is -3.62. The van der Waals surface area contributed by atoms with Crippen LogP contribution in [0.3, 0.4) is 0 Å². The predicted octanol–water partition coefficient (Wildman–Crippen LogP) is 2.85. The van der Waals surface area contributed by atoms with Crippen LogP contribution in [0.1, 0.15) is 50.2 Å². The van der Waals surface area contributed by atoms with Gasteiger partial charge in [0.1, 0.15) is 29.5 Å². The molecule has 36 heavy (non-hydrogen) atoms. The molecule has 3 rings (SSSR count). The summed E-state index contributed by atoms with van der Waals surface area (Å²) >= 11 is 0. The van der Waals surface area contributed by atoms with Crippen LogP contribution in [0.5, 0.6) is 11.5 Å². The van der Waals surface area contributed by atoms with Gasteiger partial charge in [-0.25, -0.2) is 13.1 Å². The number of sulfonamides is 1. The van der Waals surface area contributed by atoms with Crippen molar-refractivity contribution in [2.75, 3.05) is 25.4 Å². The Kier molecular flexibility index (Phi) is 9.47. The van der Waals surface area contributed by atoms with Crippen LogP contribution in [-0.4, -0.2) is 56.3 Å². The molecule has 0 saturated carbocycles. The van der Waals surface area contributed by atoms with Crippen LogP contribution in [0.25, 0.3) is 0 Å². The highest BCUT2D eigenvalue weighted by Crippen LogP contribution is 2.43. The zero-order valence-electron chi connectivity index (χ0n) is 20.7. The van der Waals surface area contributed by atoms with E-state index in [0.29, 0.717) is 30.9 Å². The molecule has 1 aliphatic rings. The molecule has 1 heterocycles. The number of hydrogen-bond donors (Lipinski definition) is 3. The van der Waals surface area contributed by atoms with Gasteiger partial charge in [0, 0.05) is 24.4 Å². The first-order valence-corrected chi connectivity index (χ1v) is 13.6. The molecule has 0 aromatic heterocycles. The number of rotatable bonds is 14. The summed E-state index contributed by atoms with van der Waals surface area (Å²) < 4.78 is 40.4. The van der Waals surface area contributed by atoms with Crippen molar-refractivity contribution >= 4 is 21.8 Å². The fraction of sp³-hybridized carbons (Fsp3) is 0.462. The second-order valence-corrected chi connectivity index (χ2v) is 11.4. The highest BCUT2D eigenvalue weighted by Gasteiger charge is 2.36. The predicted molar refractivity (Wildman–Crippen MR) is 136 cm³/mol. The number of aliphatic carboxylic acids is 1. The number of carbonyl (C=O) groups is 2. The smallest absolute Gasteiger partial charge is 0.317 e. The van der Waals surface area contributed by atoms with Gasteiger partial charge in [0.25, 0.3) is 0 Å². The Bertz CT molecular complexity index is 1150. The molecule has 9 nitrogen and oxygen atoms in total. The number of carbonyl (C=O) groups excluding carboxylic acids is 1. The summed E-state index contributed by atoms with van der Waals surface area (Å²) in [5.74, 6) is -0.308. The fourth-order valence-corrected chi connectivity index (χ4v) is 5.60. The Morgan fingerprint density at radius 3 is 2.61 bits per heavy atom. The largest absolute Gasteiger partial charge is 0.489 e. The van der Waals surface area contributed by atoms with Crippen molar-refractivity contribution in [3.8, 4) is 11.5 Å². The van der Waals surface area contributed by atoms with E-state index in [9.17, 15) is 18.0 Å². The summed E-state index contributed by atoms with van der Waals surface area (Å²) in [4.78, 5) is 22.3. The van der Waals surface area contributed by atoms with Crippen LogP contribution < -0.4 is 19.5 Å². The molecule has 0 fully saturated rings. The molecule has 0 aliphatic carbocycles. The van der Waals surface area contributed by atoms with Gasteiger partial charge in [-0.3, -0.25) is 9.59 Å². The van der Waals surface area contributed by atoms with Gasteiger partial charge in [0.2, 0.25) is 10.0 Å². The normalized spacial score (nSPS) is 16.6. The summed E-state index contributed by atoms with van der Waals surface area (Å²) in [6.45, 7) is 4.06. The first kappa shape index (κ1) is 27.6. The van der Waals surface area contributed by atoms with Gasteiger partial charge in [-0.2, -0.15) is 0 Å². The molecule has 0 amide bonds. The number of carboxylic acid groups (broad SMARTS) is 1. The quantitative estimate of drug-likeness (QED) is 0.326. The highest BCUT2D eigenvalue weighted by atomic mass is 32.2. The lowest BCUT2D eigenvalue weighted by Crippen LogP contribution is -2.39. The maximum atomic E-state index is 12.9. The third-order valence-electron chi connectivity index (χ3n) is 5.77. The average Bonchev–Trinajstić information content (AvgIpc) is 2.80. The number of ketones is 1. The standard InChI is InChI=1S/C26H34N2O7S/c1-26(2)14-20(18-36(32,33)28-12-6-9-21(29)15-27-16-25(30)31)23-13-22(10-11-24(23)35-26)34-17-19-7-4-3-5-8-19/h3-5,7-8,10-11,13,20,27-28H,6,9,12,14-18H2,1-2H3,(H,30,31). The van der Waals surface area contributed by atoms with Crippen molar-refractivity contribution < 1.29 is 32.6 Å². The SMILES string of the molecule is CC1(C)CC(CS(=O)(=O)NCCCC(=O)CNCC(=O)O)c2cc(OCc3ccccc3)ccc2O1. The molecule has 3 N–H and O–H groups in total. The van der Waals surface area contributed by atoms with E-state index >= 15 is 0 Å². The van der Waals surface area contributed by atoms with Crippen LogP contribution in [0.15, 0.2) is 48.5 Å². The maximum absolute atomic E-state index is 12.9. The molecular formula is C26H34N2O7S. The van der Waals surface area contributed by atoms with Gasteiger partial charge in [0.15, 0.2) is 0 Å². The maximum Gasteiger partial charge on any atom is 0.317 e. The molecule has 0 radical (unpaired) electrons. The number of benzene rings is 2. The summed E-state index contributed by atoms with van der Waals surface area (Å²) in [5, 5.41) is 11.1. The van der Waals surface area contributed by atoms with Gasteiger partial charge in [-0.05, 0) is 50.5 Å². The molecule has 0 bridgehead atoms. The number of carboxylic acids is 1. The van der Waals surface area contributed by atoms with E-state index in [1.807, 2.05) is 62.4 Å². The minimum Gasteiger partial charge on any atom is -0.489 e. The van der Waals surface area contributed by atoms with Crippen molar-refractivity contribution in [2.45, 2.75) is 51.2 Å². The number of Topliss-reactive ketones (excluding diaryl/α,β-unsaturated/α-hetero) is 1. The Morgan fingerprint density at radius 1 is 1.14 bits per heavy atom. The van der Waals surface area contributed by atoms with Crippen molar-refractivity contribution in [2.24, 2.45) is 0 Å². The monoisotopic (exact) mass is 518 g/mol. The Labute approximate surface area is 212 Å². The van der Waals surface area contributed by atoms with E-state index in [-0.39, 0.29) is 43.5 Å². The van der Waals surface area contributed by atoms with Crippen molar-refractivity contribution in [1.82, 2.24) is 10.0 Å². The molecule has 1 atom stereocenters. The Balaban J connectivity index is 1.58. The molecule has 2 aromatic carbocycles. The lowest BCUT2D eigenvalue weighted by atomic mass is 9.85. The minimum atomic E-state index is -3.62. The van der Waals surface area contributed by atoms with Crippen LogP contribution >= 0.6 is 0 Å². The fourth-order valence-electron chi connectivity index (χ4n) is 4.19. The number of nitrogens with one attached hydrogen (secondary N) is 2. The van der Waals surface area contributed by atoms with E-state index < -0.39 is 21.6 Å². The highest BCUT2D eigenvalue weighted by molar-refractivity contribution is 7.89. The first-order valence-electron chi connectivity index (χ1n) is 11.9. The molecule has 2 aromatic rings. The van der Waals surface area contributed by atoms with Crippen LogP contribution in [0, 0.1) is 0 Å². The summed E-state index contributed by atoms with van der Waals surface area (Å²) in [6, 6.07) is 15.3. The second-order valence-electron chi connectivity index (χ2n) is 9.55. The third kappa shape index (κ3) is 8.92. The van der Waals surface area contributed by atoms with Crippen molar-refractivity contribution in [1.29, 1.82) is 0 Å². The van der Waals surface area contributed by atoms with Gasteiger partial charge >= 0.3 is 5.97 Å². The van der Waals surface area contributed by atoms with Gasteiger partial charge in [-0.1, -0.05) is 30.3 Å². The number of ether oxygens (including phenoxy) is 2. The second kappa shape index (κ2) is 12.3. The number of hydrogen-bond acceptors (Lipinski definition) is 7. The van der Waals surface area contributed by atoms with Gasteiger partial charge in [-0.15, -0.1) is 0 Å². The van der Waals surface area contributed by atoms with Crippen LogP contribution in [0.2, 0.25) is 0 Å². The summed E-state index contributed by atoms with van der Waals surface area (Å²) in [6.07, 6.45) is 1.02. The van der Waals surface area contributed by atoms with E-state index in [1.165, 1.54) is 0 Å². The zero-order valence-corrected chi connectivity index (χ0v) is 21.5. The molecule has 0 saturated heterocycles. The summed E-state index contributed by atoms with van der Waals surface area (Å²) in [5.41, 5.74) is 1.31. The molecule has 0 spiro atoms. The molecule has 196 valence electrons. The minimum absolute atomic E-state index is 0.0539. The van der Waals surface area contributed by atoms with Gasteiger partial charge in [0.05, 0.1) is 18.8 Å². The molecule has 1 aliphatic heterocycles. The van der Waals surface area contributed by atoms with E-state index in [2.05, 4.69) is 10.0 Å². The van der Waals surface area contributed by atoms with Crippen molar-refractivity contribution in [3.05, 3.63) is 59.7 Å². The lowest BCUT2D eigenvalue weighted by Gasteiger charge is -2.37. The van der Waals surface area contributed by atoms with Crippen LogP contribution in [-0.2, 0) is 26.2 Å². The van der Waals surface area contributed by atoms with Gasteiger partial charge < -0.3 is 19.9 Å². The van der Waals surface area contributed by atoms with Crippen molar-refractivity contribution in [3.63, 3.8) is 0 Å². The molecular weight excluding hydrogens is 484 g/mol. The number of fused-ring (bicyclic) bond motifs is 1.